The molecule has 0 aromatic carbocycles. The molecule has 15 heavy (non-hydrogen) atoms. The zero-order chi connectivity index (χ0) is 10.8. The van der Waals surface area contributed by atoms with E-state index in [4.69, 9.17) is 0 Å². The van der Waals surface area contributed by atoms with Crippen molar-refractivity contribution in [3.63, 3.8) is 0 Å². The first-order valence-electron chi connectivity index (χ1n) is 5.78. The maximum absolute atomic E-state index is 11.7. The van der Waals surface area contributed by atoms with Crippen LogP contribution < -0.4 is 0 Å². The van der Waals surface area contributed by atoms with Crippen LogP contribution in [0.1, 0.15) is 19.3 Å². The summed E-state index contributed by atoms with van der Waals surface area (Å²) >= 11 is 3.42. The van der Waals surface area contributed by atoms with Crippen molar-refractivity contribution in [3.8, 4) is 0 Å². The van der Waals surface area contributed by atoms with Crippen molar-refractivity contribution in [2.24, 2.45) is 5.92 Å². The number of carbonyl (C=O) groups is 1. The van der Waals surface area contributed by atoms with Crippen LogP contribution in [0.4, 0.5) is 0 Å². The molecule has 1 amide bonds. The van der Waals surface area contributed by atoms with E-state index in [1.54, 1.807) is 0 Å². The van der Waals surface area contributed by atoms with Gasteiger partial charge in [-0.2, -0.15) is 0 Å². The Morgan fingerprint density at radius 1 is 1.40 bits per heavy atom. The number of alkyl halides is 1. The third-order valence-electron chi connectivity index (χ3n) is 3.43. The molecule has 2 saturated heterocycles. The van der Waals surface area contributed by atoms with E-state index in [9.17, 15) is 4.79 Å². The highest BCUT2D eigenvalue weighted by Gasteiger charge is 2.31. The summed E-state index contributed by atoms with van der Waals surface area (Å²) in [4.78, 5) is 16.2. The molecule has 2 unspecified atom stereocenters. The summed E-state index contributed by atoms with van der Waals surface area (Å²) in [5, 5.41) is 0. The highest BCUT2D eigenvalue weighted by Crippen LogP contribution is 2.22. The van der Waals surface area contributed by atoms with Gasteiger partial charge in [-0.3, -0.25) is 4.79 Å². The first-order valence-corrected chi connectivity index (χ1v) is 6.70. The average molecular weight is 275 g/mol. The summed E-state index contributed by atoms with van der Waals surface area (Å²) in [5.74, 6) is 0.980. The fourth-order valence-corrected chi connectivity index (χ4v) is 3.11. The van der Waals surface area contributed by atoms with E-state index >= 15 is 0 Å². The van der Waals surface area contributed by atoms with Crippen LogP contribution in [-0.2, 0) is 4.79 Å². The molecule has 2 aliphatic heterocycles. The highest BCUT2D eigenvalue weighted by molar-refractivity contribution is 9.10. The van der Waals surface area contributed by atoms with Gasteiger partial charge in [0.05, 0.1) is 4.83 Å². The van der Waals surface area contributed by atoms with Crippen LogP contribution in [0.15, 0.2) is 0 Å². The zero-order valence-corrected chi connectivity index (χ0v) is 10.9. The van der Waals surface area contributed by atoms with Crippen LogP contribution in [0.2, 0.25) is 0 Å². The number of likely N-dealkylation sites (tertiary alicyclic amines) is 2. The van der Waals surface area contributed by atoms with E-state index in [0.717, 1.165) is 26.1 Å². The van der Waals surface area contributed by atoms with Crippen molar-refractivity contribution in [3.05, 3.63) is 0 Å². The second kappa shape index (κ2) is 4.83. The standard InChI is InChI=1S/C11H19BrN2O/c1-13-5-2-3-9(7-13)8-14-6-4-10(12)11(14)15/h9-10H,2-8H2,1H3. The van der Waals surface area contributed by atoms with E-state index in [0.29, 0.717) is 11.8 Å². The summed E-state index contributed by atoms with van der Waals surface area (Å²) < 4.78 is 0. The monoisotopic (exact) mass is 274 g/mol. The normalized spacial score (nSPS) is 33.7. The fourth-order valence-electron chi connectivity index (χ4n) is 2.62. The second-order valence-electron chi connectivity index (χ2n) is 4.81. The molecule has 2 aliphatic rings. The van der Waals surface area contributed by atoms with E-state index in [1.807, 2.05) is 4.90 Å². The van der Waals surface area contributed by atoms with Crippen LogP contribution >= 0.6 is 15.9 Å². The zero-order valence-electron chi connectivity index (χ0n) is 9.29. The lowest BCUT2D eigenvalue weighted by Gasteiger charge is -2.32. The van der Waals surface area contributed by atoms with Crippen LogP contribution in [0.5, 0.6) is 0 Å². The number of halogens is 1. The van der Waals surface area contributed by atoms with E-state index in [-0.39, 0.29) is 4.83 Å². The molecule has 0 N–H and O–H groups in total. The van der Waals surface area contributed by atoms with Gasteiger partial charge in [-0.05, 0) is 38.8 Å². The van der Waals surface area contributed by atoms with E-state index in [2.05, 4.69) is 27.9 Å². The fraction of sp³-hybridized carbons (Fsp3) is 0.909. The number of amides is 1. The molecule has 0 bridgehead atoms. The van der Waals surface area contributed by atoms with Crippen LogP contribution in [0, 0.1) is 5.92 Å². The third kappa shape index (κ3) is 2.72. The van der Waals surface area contributed by atoms with E-state index < -0.39 is 0 Å². The predicted molar refractivity (Wildman–Crippen MR) is 64.1 cm³/mol. The Morgan fingerprint density at radius 3 is 2.80 bits per heavy atom. The molecule has 0 aromatic heterocycles. The Hall–Kier alpha value is -0.0900. The van der Waals surface area contributed by atoms with Crippen LogP contribution in [0.25, 0.3) is 0 Å². The first-order chi connectivity index (χ1) is 7.16. The van der Waals surface area contributed by atoms with Gasteiger partial charge in [-0.15, -0.1) is 0 Å². The second-order valence-corrected chi connectivity index (χ2v) is 5.92. The van der Waals surface area contributed by atoms with E-state index in [1.165, 1.54) is 19.4 Å². The number of carbonyl (C=O) groups excluding carboxylic acids is 1. The van der Waals surface area contributed by atoms with Gasteiger partial charge >= 0.3 is 0 Å². The maximum Gasteiger partial charge on any atom is 0.236 e. The number of rotatable bonds is 2. The summed E-state index contributed by atoms with van der Waals surface area (Å²) in [5.41, 5.74) is 0. The Balaban J connectivity index is 1.83. The minimum absolute atomic E-state index is 0.0822. The molecule has 86 valence electrons. The molecule has 0 radical (unpaired) electrons. The molecule has 0 aliphatic carbocycles. The molecular formula is C11H19BrN2O. The minimum Gasteiger partial charge on any atom is -0.341 e. The largest absolute Gasteiger partial charge is 0.341 e. The Bertz CT molecular complexity index is 247. The summed E-state index contributed by atoms with van der Waals surface area (Å²) in [6.45, 7) is 4.27. The summed E-state index contributed by atoms with van der Waals surface area (Å²) in [6.07, 6.45) is 3.53. The first kappa shape index (κ1) is 11.4. The molecular weight excluding hydrogens is 256 g/mol. The maximum atomic E-state index is 11.7. The summed E-state index contributed by atoms with van der Waals surface area (Å²) in [6, 6.07) is 0. The van der Waals surface area contributed by atoms with Gasteiger partial charge < -0.3 is 9.80 Å². The lowest BCUT2D eigenvalue weighted by Crippen LogP contribution is -2.40. The number of nitrogens with zero attached hydrogens (tertiary/aromatic N) is 2. The van der Waals surface area contributed by atoms with Crippen molar-refractivity contribution in [1.29, 1.82) is 0 Å². The predicted octanol–water partition coefficient (Wildman–Crippen LogP) is 1.32. The molecule has 0 spiro atoms. The van der Waals surface area contributed by atoms with Gasteiger partial charge in [0.2, 0.25) is 5.91 Å². The smallest absolute Gasteiger partial charge is 0.236 e. The van der Waals surface area contributed by atoms with Gasteiger partial charge in [0, 0.05) is 19.6 Å². The Labute approximate surface area is 99.9 Å². The van der Waals surface area contributed by atoms with Gasteiger partial charge in [-0.25, -0.2) is 0 Å². The van der Waals surface area contributed by atoms with Gasteiger partial charge in [0.25, 0.3) is 0 Å². The topological polar surface area (TPSA) is 23.6 Å². The molecule has 0 aromatic rings. The molecule has 2 atom stereocenters. The minimum atomic E-state index is 0.0822. The quantitative estimate of drug-likeness (QED) is 0.710. The van der Waals surface area contributed by atoms with Crippen molar-refractivity contribution >= 4 is 21.8 Å². The molecule has 2 rings (SSSR count). The van der Waals surface area contributed by atoms with Crippen LogP contribution in [0.3, 0.4) is 0 Å². The number of hydrogen-bond acceptors (Lipinski definition) is 2. The molecule has 2 fully saturated rings. The Morgan fingerprint density at radius 2 is 2.20 bits per heavy atom. The van der Waals surface area contributed by atoms with Gasteiger partial charge in [-0.1, -0.05) is 15.9 Å². The van der Waals surface area contributed by atoms with Crippen LogP contribution in [-0.4, -0.2) is 53.8 Å². The molecule has 0 saturated carbocycles. The Kier molecular flexibility index (Phi) is 3.67. The summed E-state index contributed by atoms with van der Waals surface area (Å²) in [7, 11) is 2.17. The lowest BCUT2D eigenvalue weighted by atomic mass is 9.98. The SMILES string of the molecule is CN1CCCC(CN2CCC(Br)C2=O)C1. The average Bonchev–Trinajstić information content (AvgIpc) is 2.50. The number of hydrogen-bond donors (Lipinski definition) is 0. The van der Waals surface area contributed by atoms with Gasteiger partial charge in [0.15, 0.2) is 0 Å². The van der Waals surface area contributed by atoms with Gasteiger partial charge in [0.1, 0.15) is 0 Å². The lowest BCUT2D eigenvalue weighted by molar-refractivity contribution is -0.127. The van der Waals surface area contributed by atoms with Crippen molar-refractivity contribution in [2.75, 3.05) is 33.2 Å². The molecule has 3 nitrogen and oxygen atoms in total. The van der Waals surface area contributed by atoms with Crippen molar-refractivity contribution in [1.82, 2.24) is 9.80 Å². The molecule has 4 heteroatoms. The van der Waals surface area contributed by atoms with Crippen molar-refractivity contribution in [2.45, 2.75) is 24.1 Å². The third-order valence-corrected chi connectivity index (χ3v) is 4.28. The number of piperidine rings is 1. The molecule has 2 heterocycles. The highest BCUT2D eigenvalue weighted by atomic mass is 79.9. The van der Waals surface area contributed by atoms with Crippen molar-refractivity contribution < 1.29 is 4.79 Å².